The van der Waals surface area contributed by atoms with Crippen LogP contribution in [0.3, 0.4) is 0 Å². The molecule has 0 saturated carbocycles. The molecular weight excluding hydrogens is 326 g/mol. The predicted molar refractivity (Wildman–Crippen MR) is 100.0 cm³/mol. The van der Waals surface area contributed by atoms with Gasteiger partial charge in [0.05, 0.1) is 12.7 Å². The van der Waals surface area contributed by atoms with Crippen LogP contribution in [0.5, 0.6) is 0 Å². The van der Waals surface area contributed by atoms with Gasteiger partial charge in [0.25, 0.3) is 0 Å². The zero-order chi connectivity index (χ0) is 17.8. The summed E-state index contributed by atoms with van der Waals surface area (Å²) >= 11 is 0. The van der Waals surface area contributed by atoms with Crippen LogP contribution in [0.15, 0.2) is 66.9 Å². The highest BCUT2D eigenvalue weighted by atomic mass is 16.2. The zero-order valence-corrected chi connectivity index (χ0v) is 14.5. The first-order valence-electron chi connectivity index (χ1n) is 8.83. The van der Waals surface area contributed by atoms with Crippen molar-refractivity contribution in [1.29, 1.82) is 0 Å². The maximum Gasteiger partial charge on any atom is 0.323 e. The lowest BCUT2D eigenvalue weighted by molar-refractivity contribution is 0.222. The van der Waals surface area contributed by atoms with E-state index in [0.717, 1.165) is 25.1 Å². The third-order valence-corrected chi connectivity index (χ3v) is 4.71. The molecule has 1 saturated heterocycles. The third kappa shape index (κ3) is 3.74. The van der Waals surface area contributed by atoms with Gasteiger partial charge in [0.15, 0.2) is 5.82 Å². The number of hydrogen-bond donors (Lipinski definition) is 1. The van der Waals surface area contributed by atoms with Crippen LogP contribution in [0.1, 0.15) is 23.5 Å². The van der Waals surface area contributed by atoms with Crippen molar-refractivity contribution in [2.45, 2.75) is 18.9 Å². The number of carbonyl (C=O) groups is 1. The summed E-state index contributed by atoms with van der Waals surface area (Å²) in [6, 6.07) is 20.3. The molecule has 2 heterocycles. The molecule has 2 aromatic carbocycles. The molecule has 1 aromatic heterocycles. The van der Waals surface area contributed by atoms with Crippen molar-refractivity contribution in [2.24, 2.45) is 0 Å². The zero-order valence-electron chi connectivity index (χ0n) is 14.5. The van der Waals surface area contributed by atoms with Crippen molar-refractivity contribution < 1.29 is 4.79 Å². The van der Waals surface area contributed by atoms with Crippen molar-refractivity contribution in [3.63, 3.8) is 0 Å². The van der Waals surface area contributed by atoms with Gasteiger partial charge in [0.2, 0.25) is 0 Å². The maximum atomic E-state index is 12.5. The Bertz CT molecular complexity index is 862. The molecule has 0 bridgehead atoms. The van der Waals surface area contributed by atoms with E-state index in [1.54, 1.807) is 10.9 Å². The summed E-state index contributed by atoms with van der Waals surface area (Å²) in [4.78, 5) is 14.3. The van der Waals surface area contributed by atoms with E-state index < -0.39 is 0 Å². The Balaban J connectivity index is 1.34. The molecule has 26 heavy (non-hydrogen) atoms. The summed E-state index contributed by atoms with van der Waals surface area (Å²) in [6.45, 7) is 2.11. The molecule has 0 radical (unpaired) electrons. The first-order valence-corrected chi connectivity index (χ1v) is 8.83. The van der Waals surface area contributed by atoms with Gasteiger partial charge in [-0.1, -0.05) is 65.9 Å². The van der Waals surface area contributed by atoms with Crippen LogP contribution in [-0.2, 0) is 6.54 Å². The summed E-state index contributed by atoms with van der Waals surface area (Å²) in [5.74, 6) is 0.879. The molecule has 1 aliphatic heterocycles. The molecule has 132 valence electrons. The van der Waals surface area contributed by atoms with E-state index in [1.165, 1.54) is 5.56 Å². The quantitative estimate of drug-likeness (QED) is 0.787. The second-order valence-electron chi connectivity index (χ2n) is 6.56. The monoisotopic (exact) mass is 347 g/mol. The maximum absolute atomic E-state index is 12.5. The summed E-state index contributed by atoms with van der Waals surface area (Å²) in [7, 11) is 0. The smallest absolute Gasteiger partial charge is 0.323 e. The first kappa shape index (κ1) is 16.3. The molecule has 2 amide bonds. The number of rotatable bonds is 4. The number of anilines is 1. The standard InChI is InChI=1S/C20H21N5O/c26-20(24-12-11-18(14-24)17-9-5-2-6-10-17)21-19-15-25(23-22-19)13-16-7-3-1-4-8-16/h1-10,15,18H,11-14H2,(H,21,26). The molecule has 6 nitrogen and oxygen atoms in total. The average Bonchev–Trinajstić information content (AvgIpc) is 3.33. The molecule has 1 N–H and O–H groups in total. The van der Waals surface area contributed by atoms with E-state index in [-0.39, 0.29) is 6.03 Å². The van der Waals surface area contributed by atoms with E-state index in [0.29, 0.717) is 18.3 Å². The molecule has 1 atom stereocenters. The molecular formula is C20H21N5O. The summed E-state index contributed by atoms with van der Waals surface area (Å²) < 4.78 is 1.72. The molecule has 0 aliphatic carbocycles. The van der Waals surface area contributed by atoms with Crippen molar-refractivity contribution >= 4 is 11.8 Å². The van der Waals surface area contributed by atoms with Gasteiger partial charge in [-0.15, -0.1) is 5.10 Å². The van der Waals surface area contributed by atoms with E-state index in [9.17, 15) is 4.79 Å². The number of carbonyl (C=O) groups excluding carboxylic acids is 1. The predicted octanol–water partition coefficient (Wildman–Crippen LogP) is 3.35. The number of amides is 2. The van der Waals surface area contributed by atoms with Gasteiger partial charge in [0.1, 0.15) is 0 Å². The topological polar surface area (TPSA) is 63.1 Å². The highest BCUT2D eigenvalue weighted by Crippen LogP contribution is 2.27. The van der Waals surface area contributed by atoms with E-state index in [4.69, 9.17) is 0 Å². The van der Waals surface area contributed by atoms with E-state index in [1.807, 2.05) is 53.4 Å². The van der Waals surface area contributed by atoms with Gasteiger partial charge < -0.3 is 4.90 Å². The summed E-state index contributed by atoms with van der Waals surface area (Å²) in [5, 5.41) is 11.0. The highest BCUT2D eigenvalue weighted by Gasteiger charge is 2.27. The number of hydrogen-bond acceptors (Lipinski definition) is 3. The number of likely N-dealkylation sites (tertiary alicyclic amines) is 1. The van der Waals surface area contributed by atoms with Gasteiger partial charge in [0, 0.05) is 19.0 Å². The van der Waals surface area contributed by atoms with Crippen LogP contribution in [0.25, 0.3) is 0 Å². The summed E-state index contributed by atoms with van der Waals surface area (Å²) in [5.41, 5.74) is 2.43. The van der Waals surface area contributed by atoms with Crippen molar-refractivity contribution in [3.05, 3.63) is 78.0 Å². The molecule has 1 unspecified atom stereocenters. The second kappa shape index (κ2) is 7.39. The molecule has 6 heteroatoms. The van der Waals surface area contributed by atoms with Crippen LogP contribution in [0.4, 0.5) is 10.6 Å². The van der Waals surface area contributed by atoms with Gasteiger partial charge in [-0.25, -0.2) is 9.48 Å². The minimum absolute atomic E-state index is 0.116. The Labute approximate surface area is 152 Å². The minimum Gasteiger partial charge on any atom is -0.324 e. The first-order chi connectivity index (χ1) is 12.8. The number of nitrogens with one attached hydrogen (secondary N) is 1. The number of nitrogens with zero attached hydrogens (tertiary/aromatic N) is 4. The number of urea groups is 1. The number of benzene rings is 2. The minimum atomic E-state index is -0.116. The highest BCUT2D eigenvalue weighted by molar-refractivity contribution is 5.88. The SMILES string of the molecule is O=C(Nc1cn(Cc2ccccc2)nn1)N1CCC(c2ccccc2)C1. The average molecular weight is 347 g/mol. The largest absolute Gasteiger partial charge is 0.324 e. The summed E-state index contributed by atoms with van der Waals surface area (Å²) in [6.07, 6.45) is 2.74. The Morgan fingerprint density at radius 1 is 1.08 bits per heavy atom. The van der Waals surface area contributed by atoms with E-state index >= 15 is 0 Å². The van der Waals surface area contributed by atoms with Gasteiger partial charge in [-0.3, -0.25) is 5.32 Å². The fraction of sp³-hybridized carbons (Fsp3) is 0.250. The Kier molecular flexibility index (Phi) is 4.64. The lowest BCUT2D eigenvalue weighted by Gasteiger charge is -2.16. The van der Waals surface area contributed by atoms with Crippen LogP contribution in [0, 0.1) is 0 Å². The molecule has 4 rings (SSSR count). The second-order valence-corrected chi connectivity index (χ2v) is 6.56. The fourth-order valence-electron chi connectivity index (χ4n) is 3.33. The van der Waals surface area contributed by atoms with Crippen molar-refractivity contribution in [2.75, 3.05) is 18.4 Å². The van der Waals surface area contributed by atoms with Gasteiger partial charge in [-0.05, 0) is 17.5 Å². The molecule has 3 aromatic rings. The van der Waals surface area contributed by atoms with Gasteiger partial charge in [-0.2, -0.15) is 0 Å². The lowest BCUT2D eigenvalue weighted by atomic mass is 9.99. The van der Waals surface area contributed by atoms with Crippen LogP contribution >= 0.6 is 0 Å². The Hall–Kier alpha value is -3.15. The van der Waals surface area contributed by atoms with E-state index in [2.05, 4.69) is 27.8 Å². The Morgan fingerprint density at radius 3 is 2.58 bits per heavy atom. The van der Waals surface area contributed by atoms with Crippen molar-refractivity contribution in [3.8, 4) is 0 Å². The molecule has 0 spiro atoms. The van der Waals surface area contributed by atoms with Crippen LogP contribution in [0.2, 0.25) is 0 Å². The normalized spacial score (nSPS) is 16.6. The fourth-order valence-corrected chi connectivity index (χ4v) is 3.33. The van der Waals surface area contributed by atoms with Crippen LogP contribution < -0.4 is 5.32 Å². The number of aromatic nitrogens is 3. The molecule has 1 fully saturated rings. The van der Waals surface area contributed by atoms with Crippen LogP contribution in [-0.4, -0.2) is 39.0 Å². The molecule has 1 aliphatic rings. The van der Waals surface area contributed by atoms with Crippen molar-refractivity contribution in [1.82, 2.24) is 19.9 Å². The lowest BCUT2D eigenvalue weighted by Crippen LogP contribution is -2.32. The third-order valence-electron chi connectivity index (χ3n) is 4.71. The Morgan fingerprint density at radius 2 is 1.81 bits per heavy atom. The van der Waals surface area contributed by atoms with Gasteiger partial charge >= 0.3 is 6.03 Å².